The van der Waals surface area contributed by atoms with Crippen molar-refractivity contribution in [3.8, 4) is 0 Å². The zero-order valence-corrected chi connectivity index (χ0v) is 22.9. The largest absolute Gasteiger partial charge is 0.480 e. The SMILES string of the molecule is CCC(C)C(NC(=O)C(N)CCCN=C(N)N)C(=O)NC(Cc1cnc[nH]1)C(=O)NC(CCSC)C(=O)O. The van der Waals surface area contributed by atoms with E-state index in [9.17, 15) is 24.3 Å². The summed E-state index contributed by atoms with van der Waals surface area (Å²) in [6, 6.07) is -4.09. The summed E-state index contributed by atoms with van der Waals surface area (Å²) < 4.78 is 0. The molecule has 0 radical (unpaired) electrons. The maximum absolute atomic E-state index is 13.3. The molecule has 0 aromatic carbocycles. The Labute approximate surface area is 226 Å². The Balaban J connectivity index is 2.99. The van der Waals surface area contributed by atoms with Gasteiger partial charge in [-0.1, -0.05) is 20.3 Å². The molecule has 3 amide bonds. The number of nitrogens with zero attached hydrogens (tertiary/aromatic N) is 2. The number of nitrogens with two attached hydrogens (primary N) is 3. The molecule has 1 aromatic rings. The molecule has 0 saturated heterocycles. The Morgan fingerprint density at radius 1 is 1.11 bits per heavy atom. The molecule has 0 aliphatic carbocycles. The summed E-state index contributed by atoms with van der Waals surface area (Å²) in [5.41, 5.74) is 17.1. The molecule has 5 atom stereocenters. The number of aliphatic carboxylic acids is 1. The highest BCUT2D eigenvalue weighted by Crippen LogP contribution is 2.11. The van der Waals surface area contributed by atoms with Crippen molar-refractivity contribution in [2.45, 2.75) is 70.1 Å². The number of carbonyl (C=O) groups is 4. The molecular formula is C23H41N9O5S. The molecule has 1 heterocycles. The predicted molar refractivity (Wildman–Crippen MR) is 146 cm³/mol. The summed E-state index contributed by atoms with van der Waals surface area (Å²) in [7, 11) is 0. The number of aliphatic imine (C=N–C) groups is 1. The van der Waals surface area contributed by atoms with Crippen molar-refractivity contribution < 1.29 is 24.3 Å². The number of guanidine groups is 1. The molecular weight excluding hydrogens is 514 g/mol. The molecule has 1 aromatic heterocycles. The molecule has 0 aliphatic heterocycles. The van der Waals surface area contributed by atoms with Crippen LogP contribution < -0.4 is 33.2 Å². The highest BCUT2D eigenvalue weighted by molar-refractivity contribution is 7.98. The normalized spacial score (nSPS) is 14.8. The standard InChI is InChI=1S/C23H41N9O5S/c1-4-13(2)18(32-19(33)15(24)6-5-8-28-23(25)26)21(35)31-17(10-14-11-27-12-29-14)20(34)30-16(22(36)37)7-9-38-3/h11-13,15-18H,4-10,24H2,1-3H3,(H,27,29)(H,30,34)(H,31,35)(H,32,33)(H,36,37)(H4,25,26,28). The van der Waals surface area contributed by atoms with Crippen molar-refractivity contribution in [1.82, 2.24) is 25.9 Å². The van der Waals surface area contributed by atoms with E-state index in [0.29, 0.717) is 37.3 Å². The third-order valence-corrected chi connectivity index (χ3v) is 6.58. The average molecular weight is 556 g/mol. The fourth-order valence-electron chi connectivity index (χ4n) is 3.47. The number of aromatic amines is 1. The third kappa shape index (κ3) is 11.8. The quantitative estimate of drug-likeness (QED) is 0.0602. The fraction of sp³-hybridized carbons (Fsp3) is 0.652. The summed E-state index contributed by atoms with van der Waals surface area (Å²) in [6.07, 6.45) is 6.37. The van der Waals surface area contributed by atoms with E-state index >= 15 is 0 Å². The van der Waals surface area contributed by atoms with Gasteiger partial charge in [-0.05, 0) is 37.2 Å². The molecule has 0 saturated carbocycles. The molecule has 38 heavy (non-hydrogen) atoms. The van der Waals surface area contributed by atoms with E-state index in [1.807, 2.05) is 13.2 Å². The van der Waals surface area contributed by atoms with Gasteiger partial charge in [-0.2, -0.15) is 11.8 Å². The maximum Gasteiger partial charge on any atom is 0.326 e. The van der Waals surface area contributed by atoms with Crippen LogP contribution in [0, 0.1) is 5.92 Å². The number of H-pyrrole nitrogens is 1. The molecule has 5 unspecified atom stereocenters. The van der Waals surface area contributed by atoms with Crippen LogP contribution >= 0.6 is 11.8 Å². The van der Waals surface area contributed by atoms with E-state index in [1.165, 1.54) is 24.3 Å². The first kappa shape index (κ1) is 32.7. The number of carboxylic acids is 1. The van der Waals surface area contributed by atoms with E-state index in [-0.39, 0.29) is 24.7 Å². The Bertz CT molecular complexity index is 924. The number of amides is 3. The lowest BCUT2D eigenvalue weighted by molar-refractivity contribution is -0.142. The van der Waals surface area contributed by atoms with Gasteiger partial charge in [-0.25, -0.2) is 9.78 Å². The van der Waals surface area contributed by atoms with Gasteiger partial charge in [0.1, 0.15) is 18.1 Å². The molecule has 0 spiro atoms. The second kappa shape index (κ2) is 17.2. The van der Waals surface area contributed by atoms with Crippen molar-refractivity contribution in [2.75, 3.05) is 18.6 Å². The van der Waals surface area contributed by atoms with Gasteiger partial charge in [-0.15, -0.1) is 0 Å². The molecule has 0 aliphatic rings. The minimum Gasteiger partial charge on any atom is -0.480 e. The number of carboxylic acid groups (broad SMARTS) is 1. The number of hydrogen-bond donors (Lipinski definition) is 8. The fourth-order valence-corrected chi connectivity index (χ4v) is 3.94. The second-order valence-electron chi connectivity index (χ2n) is 8.95. The molecule has 11 N–H and O–H groups in total. The lowest BCUT2D eigenvalue weighted by atomic mass is 9.97. The highest BCUT2D eigenvalue weighted by Gasteiger charge is 2.32. The van der Waals surface area contributed by atoms with Gasteiger partial charge in [0.15, 0.2) is 5.96 Å². The summed E-state index contributed by atoms with van der Waals surface area (Å²) >= 11 is 1.46. The number of nitrogens with one attached hydrogen (secondary N) is 4. The zero-order valence-electron chi connectivity index (χ0n) is 22.1. The third-order valence-electron chi connectivity index (χ3n) is 5.93. The average Bonchev–Trinajstić information content (AvgIpc) is 3.39. The number of carbonyl (C=O) groups excluding carboxylic acids is 3. The van der Waals surface area contributed by atoms with Gasteiger partial charge in [0.25, 0.3) is 0 Å². The van der Waals surface area contributed by atoms with Crippen molar-refractivity contribution in [1.29, 1.82) is 0 Å². The van der Waals surface area contributed by atoms with E-state index in [2.05, 4.69) is 30.9 Å². The Morgan fingerprint density at radius 2 is 1.79 bits per heavy atom. The summed E-state index contributed by atoms with van der Waals surface area (Å²) in [5.74, 6) is -2.74. The van der Waals surface area contributed by atoms with Crippen molar-refractivity contribution in [3.05, 3.63) is 18.2 Å². The number of rotatable bonds is 18. The molecule has 1 rings (SSSR count). The topological polar surface area (TPSA) is 244 Å². The van der Waals surface area contributed by atoms with Gasteiger partial charge < -0.3 is 43.2 Å². The van der Waals surface area contributed by atoms with Crippen LogP contribution in [0.2, 0.25) is 0 Å². The molecule has 15 heteroatoms. The minimum absolute atomic E-state index is 0.0396. The predicted octanol–water partition coefficient (Wildman–Crippen LogP) is -1.33. The second-order valence-corrected chi connectivity index (χ2v) is 9.94. The van der Waals surface area contributed by atoms with Crippen molar-refractivity contribution in [3.63, 3.8) is 0 Å². The first-order valence-electron chi connectivity index (χ1n) is 12.4. The van der Waals surface area contributed by atoms with Gasteiger partial charge in [-0.3, -0.25) is 19.4 Å². The molecule has 14 nitrogen and oxygen atoms in total. The molecule has 214 valence electrons. The van der Waals surface area contributed by atoms with Crippen LogP contribution in [-0.2, 0) is 25.6 Å². The lowest BCUT2D eigenvalue weighted by Crippen LogP contribution is -2.59. The van der Waals surface area contributed by atoms with E-state index in [0.717, 1.165) is 0 Å². The Hall–Kier alpha value is -3.33. The highest BCUT2D eigenvalue weighted by atomic mass is 32.2. The summed E-state index contributed by atoms with van der Waals surface area (Å²) in [6.45, 7) is 3.98. The van der Waals surface area contributed by atoms with E-state index in [4.69, 9.17) is 17.2 Å². The van der Waals surface area contributed by atoms with E-state index < -0.39 is 47.9 Å². The summed E-state index contributed by atoms with van der Waals surface area (Å²) in [4.78, 5) is 61.5. The van der Waals surface area contributed by atoms with Crippen molar-refractivity contribution >= 4 is 41.4 Å². The van der Waals surface area contributed by atoms with Crippen LogP contribution in [0.15, 0.2) is 17.5 Å². The van der Waals surface area contributed by atoms with Crippen LogP contribution in [0.3, 0.4) is 0 Å². The first-order chi connectivity index (χ1) is 18.0. The van der Waals surface area contributed by atoms with Gasteiger partial charge >= 0.3 is 5.97 Å². The van der Waals surface area contributed by atoms with Gasteiger partial charge in [0.2, 0.25) is 17.7 Å². The van der Waals surface area contributed by atoms with Crippen LogP contribution in [0.4, 0.5) is 0 Å². The van der Waals surface area contributed by atoms with Gasteiger partial charge in [0.05, 0.1) is 12.4 Å². The zero-order chi connectivity index (χ0) is 28.7. The van der Waals surface area contributed by atoms with Crippen LogP contribution in [-0.4, -0.2) is 87.4 Å². The van der Waals surface area contributed by atoms with Crippen LogP contribution in [0.5, 0.6) is 0 Å². The molecule has 0 fully saturated rings. The summed E-state index contributed by atoms with van der Waals surface area (Å²) in [5, 5.41) is 17.4. The minimum atomic E-state index is -1.17. The monoisotopic (exact) mass is 555 g/mol. The molecule has 0 bridgehead atoms. The lowest BCUT2D eigenvalue weighted by Gasteiger charge is -2.28. The Kier molecular flexibility index (Phi) is 14.8. The Morgan fingerprint density at radius 3 is 2.34 bits per heavy atom. The smallest absolute Gasteiger partial charge is 0.326 e. The first-order valence-corrected chi connectivity index (χ1v) is 13.8. The van der Waals surface area contributed by atoms with E-state index in [1.54, 1.807) is 6.92 Å². The van der Waals surface area contributed by atoms with Crippen LogP contribution in [0.1, 0.15) is 45.2 Å². The number of hydrogen-bond acceptors (Lipinski definition) is 8. The maximum atomic E-state index is 13.3. The number of thioether (sulfide) groups is 1. The number of imidazole rings is 1. The van der Waals surface area contributed by atoms with Gasteiger partial charge in [0, 0.05) is 24.9 Å². The van der Waals surface area contributed by atoms with Crippen LogP contribution in [0.25, 0.3) is 0 Å². The van der Waals surface area contributed by atoms with Crippen molar-refractivity contribution in [2.24, 2.45) is 28.1 Å². The number of aromatic nitrogens is 2.